The van der Waals surface area contributed by atoms with Gasteiger partial charge in [0.2, 0.25) is 0 Å². The third-order valence-electron chi connectivity index (χ3n) is 5.15. The summed E-state index contributed by atoms with van der Waals surface area (Å²) in [5, 5.41) is 28.5. The topological polar surface area (TPSA) is 99.5 Å². The number of aliphatic hydroxyl groups is 2. The second-order valence-corrected chi connectivity index (χ2v) is 7.98. The van der Waals surface area contributed by atoms with E-state index < -0.39 is 13.3 Å². The van der Waals surface area contributed by atoms with E-state index in [1.165, 1.54) is 77.0 Å². The molecule has 0 spiro atoms. The fourth-order valence-electron chi connectivity index (χ4n) is 3.40. The van der Waals surface area contributed by atoms with Crippen molar-refractivity contribution in [2.24, 2.45) is 0 Å². The number of hydrogen-bond acceptors (Lipinski definition) is 7. The van der Waals surface area contributed by atoms with Crippen LogP contribution in [-0.2, 0) is 14.2 Å². The molecule has 0 unspecified atom stereocenters. The average Bonchev–Trinajstić information content (AvgIpc) is 2.71. The molecule has 0 fully saturated rings. The highest BCUT2D eigenvalue weighted by Gasteiger charge is 2.25. The Kier molecular flexibility index (Phi) is 22.5. The summed E-state index contributed by atoms with van der Waals surface area (Å²) in [7, 11) is -1.72. The van der Waals surface area contributed by atoms with Gasteiger partial charge < -0.3 is 19.9 Å². The number of carbonyl (C=O) groups excluding carboxylic acids is 1. The quantitative estimate of drug-likeness (QED) is 0.128. The third-order valence-corrected chi connectivity index (χ3v) is 5.15. The second kappa shape index (κ2) is 23.0. The Morgan fingerprint density at radius 2 is 1.13 bits per heavy atom. The summed E-state index contributed by atoms with van der Waals surface area (Å²) in [4.78, 5) is 11.7. The van der Waals surface area contributed by atoms with Crippen molar-refractivity contribution in [3.05, 3.63) is 0 Å². The zero-order valence-electron chi connectivity index (χ0n) is 19.2. The van der Waals surface area contributed by atoms with Gasteiger partial charge in [-0.05, 0) is 6.42 Å². The summed E-state index contributed by atoms with van der Waals surface area (Å²) in [6, 6.07) is 0. The molecule has 0 aliphatic rings. The molecule has 0 saturated heterocycles. The van der Waals surface area contributed by atoms with Crippen LogP contribution in [0.3, 0.4) is 0 Å². The van der Waals surface area contributed by atoms with Crippen molar-refractivity contribution >= 4 is 13.3 Å². The minimum Gasteiger partial charge on any atom is -0.484 e. The van der Waals surface area contributed by atoms with Crippen molar-refractivity contribution in [3.63, 3.8) is 0 Å². The summed E-state index contributed by atoms with van der Waals surface area (Å²) < 4.78 is 9.74. The lowest BCUT2D eigenvalue weighted by Gasteiger charge is -2.20. The van der Waals surface area contributed by atoms with Crippen LogP contribution >= 0.6 is 0 Å². The van der Waals surface area contributed by atoms with Gasteiger partial charge in [0.15, 0.2) is 0 Å². The maximum atomic E-state index is 11.7. The van der Waals surface area contributed by atoms with E-state index in [0.717, 1.165) is 24.3 Å². The molecule has 8 heteroatoms. The number of rotatable bonds is 23. The maximum absolute atomic E-state index is 11.7. The van der Waals surface area contributed by atoms with Gasteiger partial charge in [-0.15, -0.1) is 0 Å². The minimum atomic E-state index is -1.72. The first kappa shape index (κ1) is 29.3. The van der Waals surface area contributed by atoms with Gasteiger partial charge >= 0.3 is 7.32 Å². The molecule has 0 heterocycles. The fraction of sp³-hybridized carbons (Fsp3) is 0.955. The van der Waals surface area contributed by atoms with Gasteiger partial charge in [0.1, 0.15) is 0 Å². The van der Waals surface area contributed by atoms with E-state index in [4.69, 9.17) is 19.6 Å². The summed E-state index contributed by atoms with van der Waals surface area (Å²) >= 11 is 0. The molecule has 0 aliphatic carbocycles. The molecular weight excluding hydrogens is 385 g/mol. The first-order chi connectivity index (χ1) is 14.6. The largest absolute Gasteiger partial charge is 0.730 e. The smallest absolute Gasteiger partial charge is 0.484 e. The first-order valence-electron chi connectivity index (χ1n) is 12.1. The van der Waals surface area contributed by atoms with Crippen molar-refractivity contribution in [2.45, 2.75) is 110 Å². The molecule has 0 atom stereocenters. The number of carbonyl (C=O) groups is 1. The molecule has 0 aromatic rings. The highest BCUT2D eigenvalue weighted by atomic mass is 16.8. The molecule has 0 aromatic carbocycles. The lowest BCUT2D eigenvalue weighted by molar-refractivity contribution is -0.147. The highest BCUT2D eigenvalue weighted by Crippen LogP contribution is 2.13. The van der Waals surface area contributed by atoms with Crippen molar-refractivity contribution in [2.75, 3.05) is 26.3 Å². The summed E-state index contributed by atoms with van der Waals surface area (Å²) in [6.07, 6.45) is 19.2. The summed E-state index contributed by atoms with van der Waals surface area (Å²) in [5.41, 5.74) is 0. The van der Waals surface area contributed by atoms with E-state index in [2.05, 4.69) is 6.92 Å². The average molecular weight is 431 g/mol. The summed E-state index contributed by atoms with van der Waals surface area (Å²) in [6.45, 7) is 2.08. The molecule has 30 heavy (non-hydrogen) atoms. The number of hydrogen-bond donors (Lipinski definition) is 3. The zero-order valence-corrected chi connectivity index (χ0v) is 19.2. The number of unbranched alkanes of at least 4 members (excludes halogenated alkanes) is 14. The minimum absolute atomic E-state index is 0.105. The molecule has 7 nitrogen and oxygen atoms in total. The number of aliphatic hydroxyl groups excluding tert-OH is 2. The van der Waals surface area contributed by atoms with Crippen LogP contribution in [0.5, 0.6) is 0 Å². The Balaban J connectivity index is 3.42. The lowest BCUT2D eigenvalue weighted by Crippen LogP contribution is -2.39. The van der Waals surface area contributed by atoms with Gasteiger partial charge in [-0.25, -0.2) is 0 Å². The van der Waals surface area contributed by atoms with Crippen molar-refractivity contribution < 1.29 is 29.4 Å². The molecule has 0 aromatic heterocycles. The molecule has 0 amide bonds. The Morgan fingerprint density at radius 1 is 0.733 bits per heavy atom. The second-order valence-electron chi connectivity index (χ2n) is 7.98. The Hall–Kier alpha value is -0.665. The fourth-order valence-corrected chi connectivity index (χ4v) is 3.40. The van der Waals surface area contributed by atoms with Crippen LogP contribution in [0.2, 0.25) is 0 Å². The predicted molar refractivity (Wildman–Crippen MR) is 120 cm³/mol. The van der Waals surface area contributed by atoms with Crippen LogP contribution in [0.15, 0.2) is 0 Å². The number of hydroxylamine groups is 2. The molecule has 0 radical (unpaired) electrons. The van der Waals surface area contributed by atoms with E-state index in [0.29, 0.717) is 0 Å². The molecule has 3 N–H and O–H groups in total. The third kappa shape index (κ3) is 20.6. The van der Waals surface area contributed by atoms with E-state index in [1.807, 2.05) is 0 Å². The van der Waals surface area contributed by atoms with Crippen LogP contribution in [0.1, 0.15) is 110 Å². The van der Waals surface area contributed by atoms with Crippen molar-refractivity contribution in [3.8, 4) is 0 Å². The Morgan fingerprint density at radius 3 is 1.53 bits per heavy atom. The van der Waals surface area contributed by atoms with Crippen molar-refractivity contribution in [1.82, 2.24) is 5.06 Å². The highest BCUT2D eigenvalue weighted by molar-refractivity contribution is 6.37. The maximum Gasteiger partial charge on any atom is 0.730 e. The molecule has 0 saturated carbocycles. The van der Waals surface area contributed by atoms with Crippen LogP contribution in [0.25, 0.3) is 0 Å². The standard InChI is InChI=1S/C22H46BNO6/c1-2-3-4-5-6-7-8-9-10-11-12-13-14-15-16-17-22(27)29-23(28)30-24(18-20-25)19-21-26/h25-26,28H,2-21H2,1H3. The molecule has 0 aliphatic heterocycles. The van der Waals surface area contributed by atoms with Gasteiger partial charge in [-0.1, -0.05) is 96.8 Å². The van der Waals surface area contributed by atoms with Gasteiger partial charge in [-0.2, -0.15) is 5.06 Å². The van der Waals surface area contributed by atoms with E-state index in [-0.39, 0.29) is 32.7 Å². The Bertz CT molecular complexity index is 370. The number of nitrogens with zero attached hydrogens (tertiary/aromatic N) is 1. The van der Waals surface area contributed by atoms with E-state index >= 15 is 0 Å². The van der Waals surface area contributed by atoms with Gasteiger partial charge in [0.25, 0.3) is 5.97 Å². The predicted octanol–water partition coefficient (Wildman–Crippen LogP) is 3.99. The molecule has 0 bridgehead atoms. The van der Waals surface area contributed by atoms with E-state index in [9.17, 15) is 9.82 Å². The van der Waals surface area contributed by atoms with Crippen molar-refractivity contribution in [1.29, 1.82) is 0 Å². The van der Waals surface area contributed by atoms with Gasteiger partial charge in [0, 0.05) is 19.5 Å². The SMILES string of the molecule is CCCCCCCCCCCCCCCCCC(=O)OB(O)ON(CCO)CCO. The Labute approximate surface area is 184 Å². The zero-order chi connectivity index (χ0) is 22.3. The monoisotopic (exact) mass is 431 g/mol. The van der Waals surface area contributed by atoms with Crippen LogP contribution in [0, 0.1) is 0 Å². The molecule has 178 valence electrons. The van der Waals surface area contributed by atoms with E-state index in [1.54, 1.807) is 0 Å². The molecule has 0 rings (SSSR count). The lowest BCUT2D eigenvalue weighted by atomic mass is 10.0. The van der Waals surface area contributed by atoms with Gasteiger partial charge in [0.05, 0.1) is 13.2 Å². The molecular formula is C22H46BNO6. The van der Waals surface area contributed by atoms with Crippen LogP contribution in [-0.4, -0.2) is 59.9 Å². The first-order valence-corrected chi connectivity index (χ1v) is 12.1. The van der Waals surface area contributed by atoms with Gasteiger partial charge in [-0.3, -0.25) is 9.55 Å². The normalized spacial score (nSPS) is 11.2. The van der Waals surface area contributed by atoms with Crippen LogP contribution < -0.4 is 0 Å². The van der Waals surface area contributed by atoms with Crippen LogP contribution in [0.4, 0.5) is 0 Å². The summed E-state index contributed by atoms with van der Waals surface area (Å²) in [5.74, 6) is -0.509.